The highest BCUT2D eigenvalue weighted by molar-refractivity contribution is 7.13. The molecule has 0 aliphatic rings. The lowest BCUT2D eigenvalue weighted by atomic mass is 10.3. The normalized spacial score (nSPS) is 12.2. The Hall–Kier alpha value is -1.45. The average molecular weight is 321 g/mol. The highest BCUT2D eigenvalue weighted by Crippen LogP contribution is 2.22. The number of nitrogens with zero attached hydrogens (tertiary/aromatic N) is 3. The minimum absolute atomic E-state index is 0.0993. The second-order valence-electron chi connectivity index (χ2n) is 4.39. The molecule has 0 aliphatic carbocycles. The van der Waals surface area contributed by atoms with Crippen LogP contribution in [0.3, 0.4) is 0 Å². The molecular formula is C12H14F3N3O2S. The number of halogens is 3. The van der Waals surface area contributed by atoms with Crippen LogP contribution in [0.25, 0.3) is 10.7 Å². The number of aliphatic hydroxyl groups is 1. The third-order valence-electron chi connectivity index (χ3n) is 2.60. The number of hydrogen-bond donors (Lipinski definition) is 1. The Morgan fingerprint density at radius 3 is 2.81 bits per heavy atom. The van der Waals surface area contributed by atoms with Gasteiger partial charge < -0.3 is 9.63 Å². The fraction of sp³-hybridized carbons (Fsp3) is 0.500. The number of aromatic nitrogens is 2. The van der Waals surface area contributed by atoms with Gasteiger partial charge in [0.15, 0.2) is 0 Å². The van der Waals surface area contributed by atoms with E-state index in [1.54, 1.807) is 6.07 Å². The van der Waals surface area contributed by atoms with Crippen LogP contribution < -0.4 is 0 Å². The first-order valence-corrected chi connectivity index (χ1v) is 7.12. The molecule has 0 atom stereocenters. The van der Waals surface area contributed by atoms with Gasteiger partial charge in [-0.1, -0.05) is 11.2 Å². The van der Waals surface area contributed by atoms with Gasteiger partial charge in [0.2, 0.25) is 11.7 Å². The standard InChI is InChI=1S/C12H14F3N3O2S/c13-12(14,15)8-18(4-2-5-19)7-10-16-11(17-20-10)9-3-1-6-21-9/h1,3,6,19H,2,4-5,7-8H2. The molecule has 5 nitrogen and oxygen atoms in total. The maximum absolute atomic E-state index is 12.5. The minimum Gasteiger partial charge on any atom is -0.396 e. The van der Waals surface area contributed by atoms with E-state index >= 15 is 0 Å². The SMILES string of the molecule is OCCCN(Cc1nc(-c2cccs2)no1)CC(F)(F)F. The Kier molecular flexibility index (Phi) is 5.32. The van der Waals surface area contributed by atoms with Crippen molar-refractivity contribution in [3.8, 4) is 10.7 Å². The Balaban J connectivity index is 2.02. The number of rotatable bonds is 7. The zero-order valence-electron chi connectivity index (χ0n) is 11.0. The van der Waals surface area contributed by atoms with Gasteiger partial charge in [-0.3, -0.25) is 4.90 Å². The van der Waals surface area contributed by atoms with Gasteiger partial charge in [-0.15, -0.1) is 11.3 Å². The second-order valence-corrected chi connectivity index (χ2v) is 5.34. The van der Waals surface area contributed by atoms with E-state index in [2.05, 4.69) is 10.1 Å². The van der Waals surface area contributed by atoms with Crippen molar-refractivity contribution in [2.24, 2.45) is 0 Å². The second kappa shape index (κ2) is 7.01. The molecule has 2 heterocycles. The molecule has 2 aromatic rings. The highest BCUT2D eigenvalue weighted by Gasteiger charge is 2.31. The van der Waals surface area contributed by atoms with Gasteiger partial charge in [0.1, 0.15) is 0 Å². The smallest absolute Gasteiger partial charge is 0.396 e. The number of thiophene rings is 1. The summed E-state index contributed by atoms with van der Waals surface area (Å²) in [6.45, 7) is -1.24. The first-order valence-electron chi connectivity index (χ1n) is 6.24. The Labute approximate surface area is 123 Å². The Morgan fingerprint density at radius 1 is 1.38 bits per heavy atom. The molecule has 9 heteroatoms. The van der Waals surface area contributed by atoms with Crippen LogP contribution in [-0.4, -0.2) is 46.0 Å². The van der Waals surface area contributed by atoms with Crippen molar-refractivity contribution in [2.45, 2.75) is 19.1 Å². The monoisotopic (exact) mass is 321 g/mol. The van der Waals surface area contributed by atoms with Crippen molar-refractivity contribution in [3.63, 3.8) is 0 Å². The Bertz CT molecular complexity index is 542. The average Bonchev–Trinajstić information content (AvgIpc) is 3.04. The van der Waals surface area contributed by atoms with Crippen LogP contribution in [0.2, 0.25) is 0 Å². The summed E-state index contributed by atoms with van der Waals surface area (Å²) in [6.07, 6.45) is -4.06. The van der Waals surface area contributed by atoms with Crippen LogP contribution in [0.4, 0.5) is 13.2 Å². The molecule has 0 spiro atoms. The predicted molar refractivity (Wildman–Crippen MR) is 70.6 cm³/mol. The minimum atomic E-state index is -4.31. The molecule has 0 unspecified atom stereocenters. The summed E-state index contributed by atoms with van der Waals surface area (Å²) in [5.41, 5.74) is 0. The summed E-state index contributed by atoms with van der Waals surface area (Å²) in [4.78, 5) is 6.01. The molecular weight excluding hydrogens is 307 g/mol. The van der Waals surface area contributed by atoms with Crippen molar-refractivity contribution in [3.05, 3.63) is 23.4 Å². The van der Waals surface area contributed by atoms with E-state index < -0.39 is 12.7 Å². The first kappa shape index (κ1) is 15.9. The van der Waals surface area contributed by atoms with Crippen LogP contribution in [0.5, 0.6) is 0 Å². The summed E-state index contributed by atoms with van der Waals surface area (Å²) < 4.78 is 42.5. The van der Waals surface area contributed by atoms with Crippen molar-refractivity contribution in [2.75, 3.05) is 19.7 Å². The molecule has 0 amide bonds. The van der Waals surface area contributed by atoms with Crippen molar-refractivity contribution in [1.29, 1.82) is 0 Å². The first-order chi connectivity index (χ1) is 9.98. The number of hydrogen-bond acceptors (Lipinski definition) is 6. The zero-order valence-corrected chi connectivity index (χ0v) is 11.8. The van der Waals surface area contributed by atoms with E-state index in [1.807, 2.05) is 11.4 Å². The van der Waals surface area contributed by atoms with E-state index in [0.717, 1.165) is 9.78 Å². The van der Waals surface area contributed by atoms with E-state index in [9.17, 15) is 13.2 Å². The lowest BCUT2D eigenvalue weighted by Crippen LogP contribution is -2.35. The summed E-state index contributed by atoms with van der Waals surface area (Å²) in [7, 11) is 0. The molecule has 2 rings (SSSR count). The molecule has 21 heavy (non-hydrogen) atoms. The van der Waals surface area contributed by atoms with E-state index in [4.69, 9.17) is 9.63 Å². The summed E-state index contributed by atoms with van der Waals surface area (Å²) in [6, 6.07) is 3.63. The van der Waals surface area contributed by atoms with Crippen molar-refractivity contribution >= 4 is 11.3 Å². The molecule has 116 valence electrons. The molecule has 1 N–H and O–H groups in total. The molecule has 0 saturated carbocycles. The largest absolute Gasteiger partial charge is 0.401 e. The predicted octanol–water partition coefficient (Wildman–Crippen LogP) is 2.54. The van der Waals surface area contributed by atoms with Crippen LogP contribution in [-0.2, 0) is 6.54 Å². The fourth-order valence-electron chi connectivity index (χ4n) is 1.78. The van der Waals surface area contributed by atoms with Crippen LogP contribution in [0, 0.1) is 0 Å². The fourth-order valence-corrected chi connectivity index (χ4v) is 2.43. The maximum Gasteiger partial charge on any atom is 0.401 e. The van der Waals surface area contributed by atoms with E-state index in [0.29, 0.717) is 5.82 Å². The van der Waals surface area contributed by atoms with Crippen LogP contribution in [0.1, 0.15) is 12.3 Å². The lowest BCUT2D eigenvalue weighted by molar-refractivity contribution is -0.148. The molecule has 0 aliphatic heterocycles. The molecule has 0 radical (unpaired) electrons. The molecule has 2 aromatic heterocycles. The molecule has 0 bridgehead atoms. The van der Waals surface area contributed by atoms with Gasteiger partial charge >= 0.3 is 6.18 Å². The highest BCUT2D eigenvalue weighted by atomic mass is 32.1. The quantitative estimate of drug-likeness (QED) is 0.849. The molecule has 0 saturated heterocycles. The zero-order chi connectivity index (χ0) is 15.3. The Morgan fingerprint density at radius 2 is 2.19 bits per heavy atom. The van der Waals surface area contributed by atoms with Gasteiger partial charge in [0, 0.05) is 13.2 Å². The van der Waals surface area contributed by atoms with Gasteiger partial charge in [-0.25, -0.2) is 0 Å². The number of aliphatic hydroxyl groups excluding tert-OH is 1. The van der Waals surface area contributed by atoms with Crippen molar-refractivity contribution < 1.29 is 22.8 Å². The van der Waals surface area contributed by atoms with Crippen LogP contribution in [0.15, 0.2) is 22.0 Å². The summed E-state index contributed by atoms with van der Waals surface area (Å²) >= 11 is 1.42. The maximum atomic E-state index is 12.5. The molecule has 0 aromatic carbocycles. The van der Waals surface area contributed by atoms with Gasteiger partial charge in [0.05, 0.1) is 18.0 Å². The van der Waals surface area contributed by atoms with Gasteiger partial charge in [-0.05, 0) is 17.9 Å². The summed E-state index contributed by atoms with van der Waals surface area (Å²) in [5, 5.41) is 14.4. The van der Waals surface area contributed by atoms with E-state index in [-0.39, 0.29) is 32.0 Å². The van der Waals surface area contributed by atoms with Gasteiger partial charge in [-0.2, -0.15) is 18.2 Å². The van der Waals surface area contributed by atoms with Crippen molar-refractivity contribution in [1.82, 2.24) is 15.0 Å². The van der Waals surface area contributed by atoms with E-state index in [1.165, 1.54) is 11.3 Å². The third kappa shape index (κ3) is 5.10. The third-order valence-corrected chi connectivity index (χ3v) is 3.47. The summed E-state index contributed by atoms with van der Waals surface area (Å²) in [5.74, 6) is 0.495. The lowest BCUT2D eigenvalue weighted by Gasteiger charge is -2.21. The number of alkyl halides is 3. The van der Waals surface area contributed by atoms with Gasteiger partial charge in [0.25, 0.3) is 0 Å². The topological polar surface area (TPSA) is 62.4 Å². The van der Waals surface area contributed by atoms with Crippen LogP contribution >= 0.6 is 11.3 Å². The molecule has 0 fully saturated rings.